The lowest BCUT2D eigenvalue weighted by Gasteiger charge is -2.22. The van der Waals surface area contributed by atoms with E-state index in [2.05, 4.69) is 15.6 Å². The van der Waals surface area contributed by atoms with E-state index >= 15 is 0 Å². The maximum Gasteiger partial charge on any atom is 0.358 e. The fourth-order valence-electron chi connectivity index (χ4n) is 3.22. The zero-order valence-electron chi connectivity index (χ0n) is 11.2. The summed E-state index contributed by atoms with van der Waals surface area (Å²) in [5.41, 5.74) is 0.204. The van der Waals surface area contributed by atoms with Gasteiger partial charge in [0.2, 0.25) is 5.91 Å². The van der Waals surface area contributed by atoms with Crippen molar-refractivity contribution in [2.75, 3.05) is 0 Å². The Morgan fingerprint density at radius 3 is 2.80 bits per heavy atom. The van der Waals surface area contributed by atoms with Gasteiger partial charge in [-0.3, -0.25) is 4.79 Å². The van der Waals surface area contributed by atoms with Gasteiger partial charge in [0.1, 0.15) is 6.54 Å². The van der Waals surface area contributed by atoms with Gasteiger partial charge in [0, 0.05) is 6.04 Å². The molecule has 1 heterocycles. The first kappa shape index (κ1) is 13.1. The molecule has 1 unspecified atom stereocenters. The van der Waals surface area contributed by atoms with Crippen LogP contribution in [0.1, 0.15) is 49.0 Å². The fraction of sp³-hybridized carbons (Fsp3) is 0.692. The van der Waals surface area contributed by atoms with E-state index < -0.39 is 5.97 Å². The number of rotatable bonds is 4. The number of carboxylic acid groups (broad SMARTS) is 1. The normalized spacial score (nSPS) is 23.5. The minimum absolute atomic E-state index is 0.0207. The summed E-state index contributed by atoms with van der Waals surface area (Å²) < 4.78 is 1.26. The van der Waals surface area contributed by atoms with Crippen LogP contribution in [0.4, 0.5) is 0 Å². The van der Waals surface area contributed by atoms with Crippen molar-refractivity contribution < 1.29 is 14.7 Å². The molecule has 0 radical (unpaired) electrons. The highest BCUT2D eigenvalue weighted by atomic mass is 16.4. The lowest BCUT2D eigenvalue weighted by atomic mass is 9.86. The molecule has 3 rings (SSSR count). The van der Waals surface area contributed by atoms with E-state index in [0.29, 0.717) is 5.41 Å². The predicted octanol–water partition coefficient (Wildman–Crippen LogP) is 0.815. The van der Waals surface area contributed by atoms with E-state index in [1.165, 1.54) is 43.0 Å². The number of carbonyl (C=O) groups excluding carboxylic acids is 1. The number of carbonyl (C=O) groups is 2. The molecule has 1 aromatic heterocycles. The minimum atomic E-state index is -1.14. The quantitative estimate of drug-likeness (QED) is 0.849. The Hall–Kier alpha value is -1.92. The molecular formula is C13H18N4O3. The molecular weight excluding hydrogens is 260 g/mol. The Balaban J connectivity index is 1.51. The lowest BCUT2D eigenvalue weighted by molar-refractivity contribution is -0.122. The molecule has 0 aromatic carbocycles. The number of hydrogen-bond acceptors (Lipinski definition) is 4. The molecule has 0 bridgehead atoms. The third-order valence-electron chi connectivity index (χ3n) is 4.44. The van der Waals surface area contributed by atoms with Gasteiger partial charge in [-0.15, -0.1) is 5.10 Å². The molecule has 2 saturated carbocycles. The summed E-state index contributed by atoms with van der Waals surface area (Å²) in [4.78, 5) is 22.6. The van der Waals surface area contributed by atoms with Crippen LogP contribution < -0.4 is 5.32 Å². The van der Waals surface area contributed by atoms with Gasteiger partial charge in [0.05, 0.1) is 6.20 Å². The van der Waals surface area contributed by atoms with E-state index in [-0.39, 0.29) is 24.2 Å². The van der Waals surface area contributed by atoms with Crippen molar-refractivity contribution in [3.8, 4) is 0 Å². The maximum atomic E-state index is 11.9. The molecule has 0 aliphatic heterocycles. The highest BCUT2D eigenvalue weighted by Crippen LogP contribution is 2.56. The van der Waals surface area contributed by atoms with Crippen molar-refractivity contribution >= 4 is 11.9 Å². The standard InChI is InChI=1S/C13H18N4O3/c18-11(8-17-7-9(12(19)20)15-16-17)14-10-6-13(10)4-2-1-3-5-13/h7,10H,1-6,8H2,(H,14,18)(H,19,20). The average molecular weight is 278 g/mol. The van der Waals surface area contributed by atoms with Crippen LogP contribution in [0.5, 0.6) is 0 Å². The summed E-state index contributed by atoms with van der Waals surface area (Å²) in [6.45, 7) is 0.0207. The number of nitrogens with one attached hydrogen (secondary N) is 1. The molecule has 2 fully saturated rings. The van der Waals surface area contributed by atoms with E-state index in [0.717, 1.165) is 6.42 Å². The molecule has 2 N–H and O–H groups in total. The van der Waals surface area contributed by atoms with Crippen LogP contribution in [0.2, 0.25) is 0 Å². The van der Waals surface area contributed by atoms with E-state index in [1.807, 2.05) is 0 Å². The van der Waals surface area contributed by atoms with Crippen molar-refractivity contribution in [3.63, 3.8) is 0 Å². The lowest BCUT2D eigenvalue weighted by Crippen LogP contribution is -2.33. The summed E-state index contributed by atoms with van der Waals surface area (Å²) in [6, 6.07) is 0.290. The first-order chi connectivity index (χ1) is 9.59. The van der Waals surface area contributed by atoms with Gasteiger partial charge in [-0.25, -0.2) is 9.48 Å². The zero-order chi connectivity index (χ0) is 14.2. The Morgan fingerprint density at radius 1 is 1.40 bits per heavy atom. The first-order valence-corrected chi connectivity index (χ1v) is 7.02. The van der Waals surface area contributed by atoms with Crippen LogP contribution in [0, 0.1) is 5.41 Å². The minimum Gasteiger partial charge on any atom is -0.476 e. The Bertz CT molecular complexity index is 533. The molecule has 20 heavy (non-hydrogen) atoms. The Morgan fingerprint density at radius 2 is 2.15 bits per heavy atom. The van der Waals surface area contributed by atoms with Gasteiger partial charge in [0.15, 0.2) is 5.69 Å². The summed E-state index contributed by atoms with van der Waals surface area (Å²) in [5.74, 6) is -1.26. The summed E-state index contributed by atoms with van der Waals surface area (Å²) >= 11 is 0. The van der Waals surface area contributed by atoms with Gasteiger partial charge in [-0.2, -0.15) is 0 Å². The zero-order valence-corrected chi connectivity index (χ0v) is 11.2. The van der Waals surface area contributed by atoms with Gasteiger partial charge in [-0.1, -0.05) is 24.5 Å². The smallest absolute Gasteiger partial charge is 0.358 e. The summed E-state index contributed by atoms with van der Waals surface area (Å²) in [5, 5.41) is 18.9. The van der Waals surface area contributed by atoms with Gasteiger partial charge in [0.25, 0.3) is 0 Å². The molecule has 1 aromatic rings. The number of hydrogen-bond donors (Lipinski definition) is 2. The largest absolute Gasteiger partial charge is 0.476 e. The molecule has 2 aliphatic rings. The molecule has 1 amide bonds. The number of aromatic nitrogens is 3. The molecule has 2 aliphatic carbocycles. The Labute approximate surface area is 116 Å². The molecule has 7 heteroatoms. The van der Waals surface area contributed by atoms with E-state index in [1.54, 1.807) is 0 Å². The number of carboxylic acids is 1. The monoisotopic (exact) mass is 278 g/mol. The molecule has 0 saturated heterocycles. The van der Waals surface area contributed by atoms with Crippen molar-refractivity contribution in [1.82, 2.24) is 20.3 Å². The van der Waals surface area contributed by atoms with Gasteiger partial charge >= 0.3 is 5.97 Å². The number of nitrogens with zero attached hydrogens (tertiary/aromatic N) is 3. The predicted molar refractivity (Wildman–Crippen MR) is 69.0 cm³/mol. The van der Waals surface area contributed by atoms with E-state index in [9.17, 15) is 9.59 Å². The highest BCUT2D eigenvalue weighted by molar-refractivity contribution is 5.84. The van der Waals surface area contributed by atoms with Crippen molar-refractivity contribution in [2.45, 2.75) is 51.1 Å². The van der Waals surface area contributed by atoms with Crippen LogP contribution in [0.15, 0.2) is 6.20 Å². The van der Waals surface area contributed by atoms with Crippen LogP contribution in [0.3, 0.4) is 0 Å². The molecule has 1 atom stereocenters. The average Bonchev–Trinajstić information content (AvgIpc) is 2.87. The van der Waals surface area contributed by atoms with Crippen molar-refractivity contribution in [1.29, 1.82) is 0 Å². The van der Waals surface area contributed by atoms with Crippen molar-refractivity contribution in [3.05, 3.63) is 11.9 Å². The van der Waals surface area contributed by atoms with Crippen LogP contribution in [-0.4, -0.2) is 38.0 Å². The maximum absolute atomic E-state index is 11.9. The van der Waals surface area contributed by atoms with Gasteiger partial charge < -0.3 is 10.4 Å². The van der Waals surface area contributed by atoms with Crippen LogP contribution in [-0.2, 0) is 11.3 Å². The second kappa shape index (κ2) is 4.88. The summed E-state index contributed by atoms with van der Waals surface area (Å²) in [6.07, 6.45) is 8.60. The Kier molecular flexibility index (Phi) is 3.19. The topological polar surface area (TPSA) is 97.1 Å². The second-order valence-electron chi connectivity index (χ2n) is 5.85. The third kappa shape index (κ3) is 2.52. The number of aromatic carboxylic acids is 1. The first-order valence-electron chi connectivity index (χ1n) is 7.02. The van der Waals surface area contributed by atoms with Crippen LogP contribution in [0.25, 0.3) is 0 Å². The highest BCUT2D eigenvalue weighted by Gasteiger charge is 2.54. The summed E-state index contributed by atoms with van der Waals surface area (Å²) in [7, 11) is 0. The van der Waals surface area contributed by atoms with Crippen LogP contribution >= 0.6 is 0 Å². The SMILES string of the molecule is O=C(Cn1cc(C(=O)O)nn1)NC1CC12CCCCC2. The molecule has 7 nitrogen and oxygen atoms in total. The fourth-order valence-corrected chi connectivity index (χ4v) is 3.22. The second-order valence-corrected chi connectivity index (χ2v) is 5.85. The number of amides is 1. The molecule has 1 spiro atoms. The molecule has 108 valence electrons. The van der Waals surface area contributed by atoms with E-state index in [4.69, 9.17) is 5.11 Å². The van der Waals surface area contributed by atoms with Gasteiger partial charge in [-0.05, 0) is 24.7 Å². The van der Waals surface area contributed by atoms with Crippen molar-refractivity contribution in [2.24, 2.45) is 5.41 Å². The third-order valence-corrected chi connectivity index (χ3v) is 4.44.